The molecule has 2 aromatic rings. The van der Waals surface area contributed by atoms with Crippen molar-refractivity contribution >= 4 is 17.6 Å². The first-order valence-electron chi connectivity index (χ1n) is 9.60. The van der Waals surface area contributed by atoms with E-state index in [2.05, 4.69) is 10.3 Å². The fourth-order valence-corrected chi connectivity index (χ4v) is 2.90. The van der Waals surface area contributed by atoms with Crippen LogP contribution in [0, 0.1) is 13.8 Å². The number of anilines is 1. The summed E-state index contributed by atoms with van der Waals surface area (Å²) >= 11 is 0. The van der Waals surface area contributed by atoms with Crippen LogP contribution in [0.5, 0.6) is 5.75 Å². The number of halogens is 3. The lowest BCUT2D eigenvalue weighted by atomic mass is 10.1. The molecule has 0 atom stereocenters. The summed E-state index contributed by atoms with van der Waals surface area (Å²) in [5.74, 6) is -1.23. The zero-order valence-electron chi connectivity index (χ0n) is 17.7. The third kappa shape index (κ3) is 6.00. The Hall–Kier alpha value is -3.01. The second-order valence-corrected chi connectivity index (χ2v) is 6.77. The van der Waals surface area contributed by atoms with Crippen molar-refractivity contribution in [3.63, 3.8) is 0 Å². The number of methoxy groups -OCH3 is 1. The largest absolute Gasteiger partial charge is 0.491 e. The first kappa shape index (κ1) is 24.3. The highest BCUT2D eigenvalue weighted by atomic mass is 19.4. The molecule has 0 saturated carbocycles. The molecular weight excluding hydrogens is 417 g/mol. The number of H-pyrrole nitrogens is 1. The van der Waals surface area contributed by atoms with Gasteiger partial charge in [-0.1, -0.05) is 6.92 Å². The van der Waals surface area contributed by atoms with Gasteiger partial charge in [-0.25, -0.2) is 4.79 Å². The number of ether oxygens (including phenoxy) is 3. The maximum absolute atomic E-state index is 13.1. The lowest BCUT2D eigenvalue weighted by molar-refractivity contribution is -0.137. The molecule has 31 heavy (non-hydrogen) atoms. The van der Waals surface area contributed by atoms with Crippen LogP contribution in [0.2, 0.25) is 0 Å². The molecule has 0 saturated heterocycles. The quantitative estimate of drug-likeness (QED) is 0.441. The molecule has 0 spiro atoms. The van der Waals surface area contributed by atoms with E-state index in [-0.39, 0.29) is 42.5 Å². The summed E-state index contributed by atoms with van der Waals surface area (Å²) in [5.41, 5.74) is -0.0997. The number of hydrogen-bond donors (Lipinski definition) is 2. The van der Waals surface area contributed by atoms with E-state index >= 15 is 0 Å². The van der Waals surface area contributed by atoms with Crippen LogP contribution >= 0.6 is 0 Å². The van der Waals surface area contributed by atoms with E-state index in [4.69, 9.17) is 14.2 Å². The highest BCUT2D eigenvalue weighted by Crippen LogP contribution is 2.35. The number of carbonyl (C=O) groups is 2. The van der Waals surface area contributed by atoms with E-state index in [0.29, 0.717) is 17.7 Å². The van der Waals surface area contributed by atoms with Crippen LogP contribution in [-0.4, -0.2) is 43.8 Å². The zero-order chi connectivity index (χ0) is 23.2. The average molecular weight is 442 g/mol. The van der Waals surface area contributed by atoms with Gasteiger partial charge in [0.15, 0.2) is 0 Å². The molecule has 1 heterocycles. The maximum Gasteiger partial charge on any atom is 0.416 e. The van der Waals surface area contributed by atoms with Crippen LogP contribution in [0.25, 0.3) is 0 Å². The van der Waals surface area contributed by atoms with Crippen LogP contribution in [-0.2, 0) is 15.7 Å². The van der Waals surface area contributed by atoms with Gasteiger partial charge in [-0.15, -0.1) is 0 Å². The molecule has 170 valence electrons. The summed E-state index contributed by atoms with van der Waals surface area (Å²) in [7, 11) is 1.47. The fourth-order valence-electron chi connectivity index (χ4n) is 2.90. The van der Waals surface area contributed by atoms with E-state index in [1.807, 2.05) is 6.92 Å². The van der Waals surface area contributed by atoms with Crippen molar-refractivity contribution in [2.24, 2.45) is 0 Å². The van der Waals surface area contributed by atoms with Crippen LogP contribution < -0.4 is 10.1 Å². The number of nitrogens with one attached hydrogen (secondary N) is 2. The number of benzene rings is 1. The molecule has 7 nitrogen and oxygen atoms in total. The summed E-state index contributed by atoms with van der Waals surface area (Å²) in [5, 5.41) is 2.45. The summed E-state index contributed by atoms with van der Waals surface area (Å²) < 4.78 is 54.8. The molecule has 0 fully saturated rings. The number of esters is 1. The van der Waals surface area contributed by atoms with Gasteiger partial charge in [-0.3, -0.25) is 4.79 Å². The van der Waals surface area contributed by atoms with Crippen molar-refractivity contribution < 1.29 is 37.0 Å². The molecule has 0 bridgehead atoms. The van der Waals surface area contributed by atoms with Gasteiger partial charge in [0.2, 0.25) is 0 Å². The zero-order valence-corrected chi connectivity index (χ0v) is 17.7. The van der Waals surface area contributed by atoms with Crippen molar-refractivity contribution in [1.82, 2.24) is 4.98 Å². The van der Waals surface area contributed by atoms with Crippen molar-refractivity contribution in [3.05, 3.63) is 46.3 Å². The fraction of sp³-hybridized carbons (Fsp3) is 0.429. The Morgan fingerprint density at radius 1 is 1.13 bits per heavy atom. The number of aromatic amines is 1. The second kappa shape index (κ2) is 10.3. The SMILES string of the molecule is CCCOc1ccc(C(F)(F)F)cc1NC(=O)c1[nH]c(C)c(C(=O)OCCOC)c1C. The predicted octanol–water partition coefficient (Wildman–Crippen LogP) is 4.49. The third-order valence-corrected chi connectivity index (χ3v) is 4.41. The number of carbonyl (C=O) groups excluding carboxylic acids is 2. The molecule has 0 aliphatic rings. The molecular formula is C21H25F3N2O5. The van der Waals surface area contributed by atoms with Gasteiger partial charge in [0.1, 0.15) is 18.1 Å². The van der Waals surface area contributed by atoms with Crippen LogP contribution in [0.3, 0.4) is 0 Å². The van der Waals surface area contributed by atoms with Gasteiger partial charge in [0, 0.05) is 12.8 Å². The number of hydrogen-bond acceptors (Lipinski definition) is 5. The Morgan fingerprint density at radius 2 is 1.84 bits per heavy atom. The molecule has 1 aromatic carbocycles. The number of rotatable bonds is 9. The van der Waals surface area contributed by atoms with E-state index in [1.54, 1.807) is 13.8 Å². The summed E-state index contributed by atoms with van der Waals surface area (Å²) in [6.45, 7) is 5.52. The number of amides is 1. The van der Waals surface area contributed by atoms with Crippen molar-refractivity contribution in [1.29, 1.82) is 0 Å². The highest BCUT2D eigenvalue weighted by Gasteiger charge is 2.32. The summed E-state index contributed by atoms with van der Waals surface area (Å²) in [4.78, 5) is 27.9. The second-order valence-electron chi connectivity index (χ2n) is 6.77. The standard InChI is InChI=1S/C21H25F3N2O5/c1-5-8-30-16-7-6-14(21(22,23)24)11-15(16)26-19(27)18-12(2)17(13(3)25-18)20(28)31-10-9-29-4/h6-7,11,25H,5,8-10H2,1-4H3,(H,26,27). The molecule has 10 heteroatoms. The Bertz CT molecular complexity index is 938. The highest BCUT2D eigenvalue weighted by molar-refractivity contribution is 6.07. The van der Waals surface area contributed by atoms with E-state index in [1.165, 1.54) is 13.2 Å². The minimum absolute atomic E-state index is 0.0371. The number of aromatic nitrogens is 1. The first-order chi connectivity index (χ1) is 14.6. The molecule has 2 rings (SSSR count). The molecule has 0 aliphatic heterocycles. The smallest absolute Gasteiger partial charge is 0.416 e. The monoisotopic (exact) mass is 442 g/mol. The minimum Gasteiger partial charge on any atom is -0.491 e. The third-order valence-electron chi connectivity index (χ3n) is 4.41. The Kier molecular flexibility index (Phi) is 8.09. The molecule has 0 aliphatic carbocycles. The first-order valence-corrected chi connectivity index (χ1v) is 9.60. The van der Waals surface area contributed by atoms with Crippen LogP contribution in [0.1, 0.15) is 51.0 Å². The van der Waals surface area contributed by atoms with Gasteiger partial charge in [0.25, 0.3) is 5.91 Å². The van der Waals surface area contributed by atoms with Crippen molar-refractivity contribution in [2.75, 3.05) is 32.2 Å². The molecule has 2 N–H and O–H groups in total. The minimum atomic E-state index is -4.58. The Morgan fingerprint density at radius 3 is 2.45 bits per heavy atom. The topological polar surface area (TPSA) is 89.7 Å². The van der Waals surface area contributed by atoms with Crippen molar-refractivity contribution in [3.8, 4) is 5.75 Å². The predicted molar refractivity (Wildman–Crippen MR) is 108 cm³/mol. The summed E-state index contributed by atoms with van der Waals surface area (Å²) in [6, 6.07) is 2.87. The van der Waals surface area contributed by atoms with Gasteiger partial charge in [-0.2, -0.15) is 13.2 Å². The normalized spacial score (nSPS) is 11.3. The van der Waals surface area contributed by atoms with E-state index < -0.39 is 23.6 Å². The Labute approximate surface area is 177 Å². The molecule has 0 radical (unpaired) electrons. The van der Waals surface area contributed by atoms with E-state index in [9.17, 15) is 22.8 Å². The van der Waals surface area contributed by atoms with Gasteiger partial charge in [0.05, 0.1) is 30.0 Å². The molecule has 1 aromatic heterocycles. The van der Waals surface area contributed by atoms with Gasteiger partial charge >= 0.3 is 12.1 Å². The lowest BCUT2D eigenvalue weighted by Gasteiger charge is -2.15. The van der Waals surface area contributed by atoms with Gasteiger partial charge in [-0.05, 0) is 44.0 Å². The van der Waals surface area contributed by atoms with Crippen molar-refractivity contribution in [2.45, 2.75) is 33.4 Å². The van der Waals surface area contributed by atoms with E-state index in [0.717, 1.165) is 12.1 Å². The number of aryl methyl sites for hydroxylation is 1. The maximum atomic E-state index is 13.1. The summed E-state index contributed by atoms with van der Waals surface area (Å²) in [6.07, 6.45) is -3.95. The van der Waals surface area contributed by atoms with Crippen LogP contribution in [0.15, 0.2) is 18.2 Å². The molecule has 0 unspecified atom stereocenters. The van der Waals surface area contributed by atoms with Crippen LogP contribution in [0.4, 0.5) is 18.9 Å². The molecule has 1 amide bonds. The Balaban J connectivity index is 2.32. The van der Waals surface area contributed by atoms with Gasteiger partial charge < -0.3 is 24.5 Å². The number of alkyl halides is 3. The lowest BCUT2D eigenvalue weighted by Crippen LogP contribution is -2.16. The average Bonchev–Trinajstić information content (AvgIpc) is 3.00.